The molecule has 1 fully saturated rings. The zero-order chi connectivity index (χ0) is 20.8. The van der Waals surface area contributed by atoms with Gasteiger partial charge in [0.05, 0.1) is 11.6 Å². The highest BCUT2D eigenvalue weighted by atomic mass is 127. The van der Waals surface area contributed by atoms with Crippen LogP contribution in [0.3, 0.4) is 0 Å². The van der Waals surface area contributed by atoms with Crippen LogP contribution in [0.15, 0.2) is 29.4 Å². The van der Waals surface area contributed by atoms with Crippen LogP contribution in [-0.4, -0.2) is 60.2 Å². The fraction of sp³-hybridized carbons (Fsp3) is 0.500. The van der Waals surface area contributed by atoms with Gasteiger partial charge in [-0.25, -0.2) is 4.98 Å². The van der Waals surface area contributed by atoms with Crippen LogP contribution in [0.2, 0.25) is 10.2 Å². The van der Waals surface area contributed by atoms with Gasteiger partial charge in [0.2, 0.25) is 0 Å². The van der Waals surface area contributed by atoms with Gasteiger partial charge in [0, 0.05) is 58.7 Å². The molecule has 0 aromatic carbocycles. The fourth-order valence-electron chi connectivity index (χ4n) is 3.34. The van der Waals surface area contributed by atoms with Gasteiger partial charge in [-0.15, -0.1) is 24.0 Å². The molecule has 30 heavy (non-hydrogen) atoms. The molecular formula is C20H30Cl2IN7. The average Bonchev–Trinajstić information content (AvgIpc) is 3.01. The van der Waals surface area contributed by atoms with Gasteiger partial charge < -0.3 is 25.0 Å². The van der Waals surface area contributed by atoms with Crippen molar-refractivity contribution in [3.8, 4) is 0 Å². The van der Waals surface area contributed by atoms with Crippen molar-refractivity contribution in [2.75, 3.05) is 44.7 Å². The number of guanidine groups is 1. The quantitative estimate of drug-likeness (QED) is 0.319. The Morgan fingerprint density at radius 1 is 1.13 bits per heavy atom. The van der Waals surface area contributed by atoms with E-state index < -0.39 is 0 Å². The zero-order valence-corrected chi connectivity index (χ0v) is 21.5. The molecule has 0 amide bonds. The molecule has 1 aliphatic heterocycles. The Hall–Kier alpha value is -1.23. The molecule has 0 bridgehead atoms. The van der Waals surface area contributed by atoms with Gasteiger partial charge in [-0.1, -0.05) is 36.2 Å². The second kappa shape index (κ2) is 12.0. The summed E-state index contributed by atoms with van der Waals surface area (Å²) in [6.45, 7) is 8.80. The van der Waals surface area contributed by atoms with Crippen LogP contribution in [-0.2, 0) is 20.1 Å². The van der Waals surface area contributed by atoms with E-state index in [0.29, 0.717) is 29.2 Å². The van der Waals surface area contributed by atoms with Crippen molar-refractivity contribution in [3.63, 3.8) is 0 Å². The van der Waals surface area contributed by atoms with Gasteiger partial charge in [-0.2, -0.15) is 0 Å². The summed E-state index contributed by atoms with van der Waals surface area (Å²) in [5.74, 6) is 1.75. The number of piperazine rings is 1. The minimum Gasteiger partial charge on any atom is -0.354 e. The second-order valence-electron chi connectivity index (χ2n) is 7.06. The Bertz CT molecular complexity index is 830. The van der Waals surface area contributed by atoms with Crippen LogP contribution in [0.4, 0.5) is 5.82 Å². The first-order valence-corrected chi connectivity index (χ1v) is 10.6. The Morgan fingerprint density at radius 2 is 1.83 bits per heavy atom. The zero-order valence-electron chi connectivity index (χ0n) is 17.7. The third kappa shape index (κ3) is 6.38. The first-order valence-electron chi connectivity index (χ1n) is 9.88. The smallest absolute Gasteiger partial charge is 0.191 e. The number of pyridine rings is 1. The fourth-order valence-corrected chi connectivity index (χ4v) is 3.76. The number of hydrogen-bond acceptors (Lipinski definition) is 4. The number of aliphatic imine (C=N–C) groups is 1. The molecule has 0 spiro atoms. The van der Waals surface area contributed by atoms with E-state index in [1.54, 1.807) is 7.05 Å². The SMILES string of the molecule is CCN1CCN(c2ccc(CNC(=NC)NCc3cc(Cl)c(Cl)n3C)cn2)CC1.I. The average molecular weight is 566 g/mol. The molecule has 2 aromatic rings. The van der Waals surface area contributed by atoms with Gasteiger partial charge in [-0.3, -0.25) is 4.99 Å². The van der Waals surface area contributed by atoms with Gasteiger partial charge >= 0.3 is 0 Å². The number of nitrogens with zero attached hydrogens (tertiary/aromatic N) is 5. The summed E-state index contributed by atoms with van der Waals surface area (Å²) in [6, 6.07) is 6.07. The number of hydrogen-bond donors (Lipinski definition) is 2. The number of anilines is 1. The monoisotopic (exact) mass is 565 g/mol. The lowest BCUT2D eigenvalue weighted by Crippen LogP contribution is -2.46. The van der Waals surface area contributed by atoms with Gasteiger partial charge in [-0.05, 0) is 24.2 Å². The number of rotatable bonds is 6. The molecule has 0 unspecified atom stereocenters. The summed E-state index contributed by atoms with van der Waals surface area (Å²) in [6.07, 6.45) is 1.93. The predicted octanol–water partition coefficient (Wildman–Crippen LogP) is 3.35. The molecule has 166 valence electrons. The molecule has 0 atom stereocenters. The minimum absolute atomic E-state index is 0. The van der Waals surface area contributed by atoms with E-state index in [1.165, 1.54) is 0 Å². The first kappa shape index (κ1) is 25.0. The molecule has 3 rings (SSSR count). The predicted molar refractivity (Wildman–Crippen MR) is 136 cm³/mol. The number of likely N-dealkylation sites (N-methyl/N-ethyl adjacent to an activating group) is 1. The van der Waals surface area contributed by atoms with E-state index in [0.717, 1.165) is 49.8 Å². The molecular weight excluding hydrogens is 536 g/mol. The van der Waals surface area contributed by atoms with Crippen LogP contribution in [0.25, 0.3) is 0 Å². The Morgan fingerprint density at radius 3 is 2.37 bits per heavy atom. The van der Waals surface area contributed by atoms with E-state index in [2.05, 4.69) is 49.5 Å². The van der Waals surface area contributed by atoms with Crippen molar-refractivity contribution in [3.05, 3.63) is 45.8 Å². The Labute approximate surface area is 205 Å². The van der Waals surface area contributed by atoms with Crippen molar-refractivity contribution in [1.29, 1.82) is 0 Å². The second-order valence-corrected chi connectivity index (χ2v) is 7.82. The molecule has 7 nitrogen and oxygen atoms in total. The highest BCUT2D eigenvalue weighted by Gasteiger charge is 2.16. The van der Waals surface area contributed by atoms with Crippen LogP contribution < -0.4 is 15.5 Å². The minimum atomic E-state index is 0. The lowest BCUT2D eigenvalue weighted by Gasteiger charge is -2.34. The number of halogens is 3. The van der Waals surface area contributed by atoms with Crippen LogP contribution >= 0.6 is 47.2 Å². The lowest BCUT2D eigenvalue weighted by molar-refractivity contribution is 0.270. The summed E-state index contributed by atoms with van der Waals surface area (Å²) in [7, 11) is 3.63. The van der Waals surface area contributed by atoms with E-state index in [9.17, 15) is 0 Å². The van der Waals surface area contributed by atoms with E-state index >= 15 is 0 Å². The molecule has 1 saturated heterocycles. The van der Waals surface area contributed by atoms with E-state index in [-0.39, 0.29) is 24.0 Å². The van der Waals surface area contributed by atoms with Gasteiger partial charge in [0.1, 0.15) is 11.0 Å². The summed E-state index contributed by atoms with van der Waals surface area (Å²) in [5.41, 5.74) is 2.09. The Balaban J connectivity index is 0.00000320. The molecule has 10 heteroatoms. The van der Waals surface area contributed by atoms with E-state index in [1.807, 2.05) is 23.9 Å². The molecule has 0 aliphatic carbocycles. The summed E-state index contributed by atoms with van der Waals surface area (Å²) in [4.78, 5) is 13.7. The topological polar surface area (TPSA) is 60.7 Å². The Kier molecular flexibility index (Phi) is 9.99. The largest absolute Gasteiger partial charge is 0.354 e. The van der Waals surface area contributed by atoms with Crippen molar-refractivity contribution >= 4 is 59.0 Å². The van der Waals surface area contributed by atoms with Gasteiger partial charge in [0.25, 0.3) is 0 Å². The summed E-state index contributed by atoms with van der Waals surface area (Å²) in [5, 5.41) is 7.68. The highest BCUT2D eigenvalue weighted by molar-refractivity contribution is 14.0. The van der Waals surface area contributed by atoms with Crippen molar-refractivity contribution in [2.45, 2.75) is 20.0 Å². The van der Waals surface area contributed by atoms with Crippen LogP contribution in [0.1, 0.15) is 18.2 Å². The number of nitrogens with one attached hydrogen (secondary N) is 2. The molecule has 2 aromatic heterocycles. The molecule has 3 heterocycles. The van der Waals surface area contributed by atoms with Crippen LogP contribution in [0.5, 0.6) is 0 Å². The highest BCUT2D eigenvalue weighted by Crippen LogP contribution is 2.24. The molecule has 0 radical (unpaired) electrons. The lowest BCUT2D eigenvalue weighted by atomic mass is 10.2. The normalized spacial score (nSPS) is 15.1. The van der Waals surface area contributed by atoms with Gasteiger partial charge in [0.15, 0.2) is 5.96 Å². The first-order chi connectivity index (χ1) is 14.0. The number of aromatic nitrogens is 2. The standard InChI is InChI=1S/C20H29Cl2N7.HI/c1-4-28-7-9-29(10-8-28)18-6-5-15(12-24-18)13-25-20(23-2)26-14-16-11-17(21)19(22)27(16)3;/h5-6,11-12H,4,7-10,13-14H2,1-3H3,(H2,23,25,26);1H. The van der Waals surface area contributed by atoms with Crippen molar-refractivity contribution in [2.24, 2.45) is 12.0 Å². The summed E-state index contributed by atoms with van der Waals surface area (Å²) >= 11 is 12.2. The maximum atomic E-state index is 6.12. The van der Waals surface area contributed by atoms with E-state index in [4.69, 9.17) is 23.2 Å². The molecule has 1 aliphatic rings. The van der Waals surface area contributed by atoms with Crippen molar-refractivity contribution in [1.82, 2.24) is 25.1 Å². The molecule has 0 saturated carbocycles. The van der Waals surface area contributed by atoms with Crippen molar-refractivity contribution < 1.29 is 0 Å². The third-order valence-corrected chi connectivity index (χ3v) is 6.13. The third-order valence-electron chi connectivity index (χ3n) is 5.29. The summed E-state index contributed by atoms with van der Waals surface area (Å²) < 4.78 is 1.85. The maximum Gasteiger partial charge on any atom is 0.191 e. The molecule has 2 N–H and O–H groups in total. The maximum absolute atomic E-state index is 6.12. The van der Waals surface area contributed by atoms with Crippen LogP contribution in [0, 0.1) is 0 Å².